The number of aromatic hydroxyl groups is 1. The Labute approximate surface area is 163 Å². The van der Waals surface area contributed by atoms with Gasteiger partial charge in [-0.15, -0.1) is 5.10 Å². The van der Waals surface area contributed by atoms with Crippen LogP contribution >= 0.6 is 11.3 Å². The van der Waals surface area contributed by atoms with Crippen LogP contribution in [0.3, 0.4) is 0 Å². The van der Waals surface area contributed by atoms with Crippen LogP contribution in [0.1, 0.15) is 49.0 Å². The number of nitrogens with zero attached hydrogens (tertiary/aromatic N) is 4. The second kappa shape index (κ2) is 7.48. The van der Waals surface area contributed by atoms with E-state index < -0.39 is 0 Å². The fourth-order valence-electron chi connectivity index (χ4n) is 3.74. The maximum atomic E-state index is 11.0. The van der Waals surface area contributed by atoms with Crippen molar-refractivity contribution in [2.45, 2.75) is 39.2 Å². The van der Waals surface area contributed by atoms with Gasteiger partial charge in [-0.3, -0.25) is 4.90 Å². The Hall–Kier alpha value is -2.12. The van der Waals surface area contributed by atoms with Crippen LogP contribution in [0.25, 0.3) is 4.96 Å². The predicted octanol–water partition coefficient (Wildman–Crippen LogP) is 3.89. The molecule has 3 heterocycles. The molecule has 0 amide bonds. The summed E-state index contributed by atoms with van der Waals surface area (Å²) in [6.45, 7) is 6.35. The molecule has 1 aliphatic rings. The first-order valence-corrected chi connectivity index (χ1v) is 10.4. The number of aryl methyl sites for hydroxylation is 1. The number of likely N-dealkylation sites (tertiary alicyclic amines) is 1. The zero-order valence-corrected chi connectivity index (χ0v) is 16.9. The highest BCUT2D eigenvalue weighted by molar-refractivity contribution is 7.17. The number of thiazole rings is 1. The minimum Gasteiger partial charge on any atom is -0.497 e. The maximum Gasteiger partial charge on any atom is 0.230 e. The molecule has 0 aliphatic carbocycles. The van der Waals surface area contributed by atoms with Gasteiger partial charge in [-0.1, -0.05) is 37.3 Å². The van der Waals surface area contributed by atoms with Gasteiger partial charge in [-0.2, -0.15) is 4.52 Å². The number of ether oxygens (including phenoxy) is 1. The van der Waals surface area contributed by atoms with Gasteiger partial charge < -0.3 is 9.84 Å². The molecule has 144 valence electrons. The predicted molar refractivity (Wildman–Crippen MR) is 107 cm³/mol. The second-order valence-corrected chi connectivity index (χ2v) is 8.27. The van der Waals surface area contributed by atoms with Crippen LogP contribution in [0.4, 0.5) is 0 Å². The Morgan fingerprint density at radius 1 is 1.33 bits per heavy atom. The minimum absolute atomic E-state index is 0.0221. The molecular formula is C20H26N4O2S. The van der Waals surface area contributed by atoms with Crippen molar-refractivity contribution in [3.05, 3.63) is 40.5 Å². The third-order valence-corrected chi connectivity index (χ3v) is 6.47. The molecule has 1 N–H and O–H groups in total. The summed E-state index contributed by atoms with van der Waals surface area (Å²) in [4.78, 5) is 8.65. The van der Waals surface area contributed by atoms with Crippen molar-refractivity contribution in [1.82, 2.24) is 19.5 Å². The topological polar surface area (TPSA) is 62.9 Å². The average Bonchev–Trinajstić information content (AvgIpc) is 3.23. The Morgan fingerprint density at radius 3 is 2.78 bits per heavy atom. The van der Waals surface area contributed by atoms with Crippen molar-refractivity contribution >= 4 is 16.3 Å². The van der Waals surface area contributed by atoms with Gasteiger partial charge >= 0.3 is 0 Å². The van der Waals surface area contributed by atoms with Gasteiger partial charge in [0.1, 0.15) is 5.75 Å². The van der Waals surface area contributed by atoms with Gasteiger partial charge in [0.15, 0.2) is 5.82 Å². The van der Waals surface area contributed by atoms with Crippen molar-refractivity contribution < 1.29 is 9.84 Å². The van der Waals surface area contributed by atoms with Crippen LogP contribution in [-0.2, 0) is 6.42 Å². The molecule has 0 saturated carbocycles. The lowest BCUT2D eigenvalue weighted by Crippen LogP contribution is -2.36. The quantitative estimate of drug-likeness (QED) is 0.721. The molecule has 3 aromatic rings. The van der Waals surface area contributed by atoms with Crippen LogP contribution in [0, 0.1) is 5.92 Å². The maximum absolute atomic E-state index is 11.0. The number of aromatic nitrogens is 3. The monoisotopic (exact) mass is 386 g/mol. The highest BCUT2D eigenvalue weighted by Gasteiger charge is 2.31. The molecule has 1 aromatic carbocycles. The number of fused-ring (bicyclic) bond motifs is 1. The summed E-state index contributed by atoms with van der Waals surface area (Å²) in [6, 6.07) is 8.12. The largest absolute Gasteiger partial charge is 0.497 e. The molecule has 2 aromatic heterocycles. The molecule has 27 heavy (non-hydrogen) atoms. The van der Waals surface area contributed by atoms with E-state index in [-0.39, 0.29) is 11.9 Å². The Balaban J connectivity index is 1.79. The van der Waals surface area contributed by atoms with Gasteiger partial charge in [0.25, 0.3) is 0 Å². The highest BCUT2D eigenvalue weighted by atomic mass is 32.1. The molecule has 1 fully saturated rings. The van der Waals surface area contributed by atoms with Crippen molar-refractivity contribution in [2.75, 3.05) is 20.2 Å². The number of rotatable bonds is 5. The van der Waals surface area contributed by atoms with Crippen molar-refractivity contribution in [1.29, 1.82) is 0 Å². The van der Waals surface area contributed by atoms with E-state index in [2.05, 4.69) is 34.0 Å². The molecule has 0 spiro atoms. The van der Waals surface area contributed by atoms with Crippen molar-refractivity contribution in [3.8, 4) is 11.6 Å². The number of hydrogen-bond donors (Lipinski definition) is 1. The molecule has 0 radical (unpaired) electrons. The summed E-state index contributed by atoms with van der Waals surface area (Å²) in [5, 5.41) is 15.4. The SMILES string of the molecule is CCc1nc2sc(C(c3cccc(OC)c3)N3CCC(C)CC3)c(O)n2n1. The number of methoxy groups -OCH3 is 1. The lowest BCUT2D eigenvalue weighted by Gasteiger charge is -2.36. The van der Waals surface area contributed by atoms with Gasteiger partial charge in [-0.05, 0) is 49.5 Å². The Kier molecular flexibility index (Phi) is 5.06. The summed E-state index contributed by atoms with van der Waals surface area (Å²) < 4.78 is 7.02. The zero-order valence-electron chi connectivity index (χ0n) is 16.1. The number of hydrogen-bond acceptors (Lipinski definition) is 6. The molecule has 4 rings (SSSR count). The van der Waals surface area contributed by atoms with Gasteiger partial charge in [0.05, 0.1) is 18.0 Å². The highest BCUT2D eigenvalue weighted by Crippen LogP contribution is 2.41. The molecule has 7 heteroatoms. The van der Waals surface area contributed by atoms with E-state index in [1.165, 1.54) is 24.2 Å². The molecular weight excluding hydrogens is 360 g/mol. The third kappa shape index (κ3) is 3.41. The van der Waals surface area contributed by atoms with E-state index in [1.807, 2.05) is 19.1 Å². The summed E-state index contributed by atoms with van der Waals surface area (Å²) >= 11 is 1.53. The normalized spacial score (nSPS) is 17.4. The molecule has 1 saturated heterocycles. The first-order chi connectivity index (χ1) is 13.1. The van der Waals surface area contributed by atoms with E-state index in [0.717, 1.165) is 52.4 Å². The standard InChI is InChI=1S/C20H26N4O2S/c1-4-16-21-20-24(22-16)19(25)18(27-20)17(23-10-8-13(2)9-11-23)14-6-5-7-15(12-14)26-3/h5-7,12-13,17,25H,4,8-11H2,1-3H3. The summed E-state index contributed by atoms with van der Waals surface area (Å²) in [7, 11) is 1.68. The van der Waals surface area contributed by atoms with Gasteiger partial charge in [-0.25, -0.2) is 4.98 Å². The van der Waals surface area contributed by atoms with Crippen molar-refractivity contribution in [2.24, 2.45) is 5.92 Å². The fraction of sp³-hybridized carbons (Fsp3) is 0.500. The lowest BCUT2D eigenvalue weighted by atomic mass is 9.95. The average molecular weight is 387 g/mol. The van der Waals surface area contributed by atoms with Crippen LogP contribution in [0.2, 0.25) is 0 Å². The summed E-state index contributed by atoms with van der Waals surface area (Å²) in [5.41, 5.74) is 1.12. The first-order valence-electron chi connectivity index (χ1n) is 9.56. The third-order valence-electron chi connectivity index (χ3n) is 5.40. The molecule has 1 unspecified atom stereocenters. The van der Waals surface area contributed by atoms with Crippen molar-refractivity contribution in [3.63, 3.8) is 0 Å². The number of piperidine rings is 1. The Morgan fingerprint density at radius 2 is 2.11 bits per heavy atom. The fourth-order valence-corrected chi connectivity index (χ4v) is 4.88. The Bertz CT molecular complexity index is 927. The smallest absolute Gasteiger partial charge is 0.230 e. The summed E-state index contributed by atoms with van der Waals surface area (Å²) in [6.07, 6.45) is 3.09. The molecule has 1 atom stereocenters. The van der Waals surface area contributed by atoms with E-state index in [0.29, 0.717) is 0 Å². The second-order valence-electron chi connectivity index (χ2n) is 7.26. The van der Waals surface area contributed by atoms with E-state index in [9.17, 15) is 5.11 Å². The summed E-state index contributed by atoms with van der Waals surface area (Å²) in [5.74, 6) is 2.53. The van der Waals surface area contributed by atoms with Crippen LogP contribution in [0.15, 0.2) is 24.3 Å². The minimum atomic E-state index is -0.0221. The molecule has 1 aliphatic heterocycles. The van der Waals surface area contributed by atoms with Gasteiger partial charge in [0, 0.05) is 6.42 Å². The van der Waals surface area contributed by atoms with Crippen LogP contribution < -0.4 is 4.74 Å². The van der Waals surface area contributed by atoms with E-state index in [4.69, 9.17) is 4.74 Å². The number of benzene rings is 1. The first kappa shape index (κ1) is 18.3. The van der Waals surface area contributed by atoms with E-state index >= 15 is 0 Å². The molecule has 0 bridgehead atoms. The van der Waals surface area contributed by atoms with E-state index in [1.54, 1.807) is 11.6 Å². The van der Waals surface area contributed by atoms with Crippen LogP contribution in [-0.4, -0.2) is 44.8 Å². The van der Waals surface area contributed by atoms with Crippen LogP contribution in [0.5, 0.6) is 11.6 Å². The zero-order chi connectivity index (χ0) is 19.0. The van der Waals surface area contributed by atoms with Gasteiger partial charge in [0.2, 0.25) is 10.8 Å². The molecule has 6 nitrogen and oxygen atoms in total. The lowest BCUT2D eigenvalue weighted by molar-refractivity contribution is 0.157.